The molecular formula is C16H24N2O2S. The van der Waals surface area contributed by atoms with Gasteiger partial charge in [-0.15, -0.1) is 11.8 Å². The van der Waals surface area contributed by atoms with Crippen molar-refractivity contribution in [2.45, 2.75) is 44.7 Å². The van der Waals surface area contributed by atoms with Crippen molar-refractivity contribution in [3.63, 3.8) is 0 Å². The molecule has 0 unspecified atom stereocenters. The van der Waals surface area contributed by atoms with Crippen LogP contribution in [0.5, 0.6) is 0 Å². The second kappa shape index (κ2) is 8.08. The molecule has 116 valence electrons. The van der Waals surface area contributed by atoms with E-state index >= 15 is 0 Å². The van der Waals surface area contributed by atoms with E-state index < -0.39 is 6.04 Å². The second-order valence-electron chi connectivity index (χ2n) is 5.43. The van der Waals surface area contributed by atoms with Gasteiger partial charge in [0, 0.05) is 11.8 Å². The van der Waals surface area contributed by atoms with Gasteiger partial charge in [0.15, 0.2) is 0 Å². The largest absolute Gasteiger partial charge is 0.348 e. The predicted octanol–water partition coefficient (Wildman–Crippen LogP) is 2.75. The Labute approximate surface area is 131 Å². The van der Waals surface area contributed by atoms with E-state index in [0.29, 0.717) is 0 Å². The summed E-state index contributed by atoms with van der Waals surface area (Å²) in [6, 6.07) is 7.50. The van der Waals surface area contributed by atoms with Crippen LogP contribution >= 0.6 is 11.8 Å². The van der Waals surface area contributed by atoms with Crippen molar-refractivity contribution in [3.8, 4) is 0 Å². The number of carbonyl (C=O) groups is 2. The van der Waals surface area contributed by atoms with Crippen molar-refractivity contribution in [2.75, 3.05) is 6.26 Å². The van der Waals surface area contributed by atoms with Crippen LogP contribution in [0.2, 0.25) is 0 Å². The maximum absolute atomic E-state index is 12.3. The third-order valence-corrected chi connectivity index (χ3v) is 4.03. The number of nitrogens with one attached hydrogen (secondary N) is 2. The number of rotatable bonds is 6. The third-order valence-electron chi connectivity index (χ3n) is 3.28. The van der Waals surface area contributed by atoms with Crippen LogP contribution in [0.1, 0.15) is 39.3 Å². The minimum absolute atomic E-state index is 0.0416. The number of benzene rings is 1. The predicted molar refractivity (Wildman–Crippen MR) is 87.2 cm³/mol. The summed E-state index contributed by atoms with van der Waals surface area (Å²) in [7, 11) is 0. The van der Waals surface area contributed by atoms with Crippen molar-refractivity contribution < 1.29 is 9.59 Å². The lowest BCUT2D eigenvalue weighted by molar-refractivity contribution is -0.129. The maximum Gasteiger partial charge on any atom is 0.243 e. The lowest BCUT2D eigenvalue weighted by Gasteiger charge is -2.23. The van der Waals surface area contributed by atoms with Crippen molar-refractivity contribution in [1.82, 2.24) is 10.6 Å². The normalized spacial score (nSPS) is 13.6. The van der Waals surface area contributed by atoms with Gasteiger partial charge in [0.25, 0.3) is 0 Å². The molecule has 0 aliphatic carbocycles. The Morgan fingerprint density at radius 1 is 1.05 bits per heavy atom. The summed E-state index contributed by atoms with van der Waals surface area (Å²) < 4.78 is 0. The number of amides is 2. The van der Waals surface area contributed by atoms with Gasteiger partial charge < -0.3 is 10.6 Å². The van der Waals surface area contributed by atoms with Gasteiger partial charge in [0.05, 0.1) is 6.04 Å². The fourth-order valence-electron chi connectivity index (χ4n) is 2.03. The second-order valence-corrected chi connectivity index (χ2v) is 6.31. The fourth-order valence-corrected chi connectivity index (χ4v) is 2.44. The molecule has 5 heteroatoms. The first-order valence-corrected chi connectivity index (χ1v) is 8.29. The molecule has 0 aliphatic heterocycles. The maximum atomic E-state index is 12.3. The molecule has 2 atom stereocenters. The highest BCUT2D eigenvalue weighted by atomic mass is 32.2. The lowest BCUT2D eigenvalue weighted by Crippen LogP contribution is -2.49. The smallest absolute Gasteiger partial charge is 0.243 e. The van der Waals surface area contributed by atoms with Crippen LogP contribution in [0.15, 0.2) is 29.2 Å². The van der Waals surface area contributed by atoms with Crippen LogP contribution in [0, 0.1) is 5.92 Å². The zero-order valence-corrected chi connectivity index (χ0v) is 14.1. The molecule has 0 spiro atoms. The first-order valence-electron chi connectivity index (χ1n) is 7.06. The van der Waals surface area contributed by atoms with Gasteiger partial charge in [0.1, 0.15) is 6.04 Å². The topological polar surface area (TPSA) is 58.2 Å². The zero-order valence-electron chi connectivity index (χ0n) is 13.3. The SMILES string of the molecule is CSc1ccc([C@H](C)NC(=O)[C@H](NC(C)=O)C(C)C)cc1. The quantitative estimate of drug-likeness (QED) is 0.795. The molecule has 2 N–H and O–H groups in total. The summed E-state index contributed by atoms with van der Waals surface area (Å²) in [4.78, 5) is 24.7. The number of carbonyl (C=O) groups excluding carboxylic acids is 2. The van der Waals surface area contributed by atoms with Gasteiger partial charge >= 0.3 is 0 Å². The molecule has 0 saturated heterocycles. The minimum Gasteiger partial charge on any atom is -0.348 e. The number of hydrogen-bond acceptors (Lipinski definition) is 3. The molecule has 4 nitrogen and oxygen atoms in total. The van der Waals surface area contributed by atoms with Crippen LogP contribution < -0.4 is 10.6 Å². The Hall–Kier alpha value is -1.49. The summed E-state index contributed by atoms with van der Waals surface area (Å²) in [5.41, 5.74) is 1.05. The van der Waals surface area contributed by atoms with E-state index in [4.69, 9.17) is 0 Å². The van der Waals surface area contributed by atoms with Crippen LogP contribution in [0.4, 0.5) is 0 Å². The highest BCUT2D eigenvalue weighted by Crippen LogP contribution is 2.19. The summed E-state index contributed by atoms with van der Waals surface area (Å²) >= 11 is 1.68. The van der Waals surface area contributed by atoms with Crippen LogP contribution in [-0.4, -0.2) is 24.1 Å². The van der Waals surface area contributed by atoms with Gasteiger partial charge in [-0.1, -0.05) is 26.0 Å². The Balaban J connectivity index is 2.72. The van der Waals surface area contributed by atoms with Gasteiger partial charge in [-0.3, -0.25) is 9.59 Å². The monoisotopic (exact) mass is 308 g/mol. The lowest BCUT2D eigenvalue weighted by atomic mass is 10.0. The molecule has 0 saturated carbocycles. The first kappa shape index (κ1) is 17.6. The van der Waals surface area contributed by atoms with Crippen LogP contribution in [0.3, 0.4) is 0 Å². The first-order chi connectivity index (χ1) is 9.85. The van der Waals surface area contributed by atoms with Gasteiger partial charge in [-0.05, 0) is 36.8 Å². The van der Waals surface area contributed by atoms with Crippen molar-refractivity contribution in [2.24, 2.45) is 5.92 Å². The average molecular weight is 308 g/mol. The molecule has 2 amide bonds. The van der Waals surface area contributed by atoms with Crippen molar-refractivity contribution >= 4 is 23.6 Å². The van der Waals surface area contributed by atoms with Crippen molar-refractivity contribution in [1.29, 1.82) is 0 Å². The highest BCUT2D eigenvalue weighted by molar-refractivity contribution is 7.98. The minimum atomic E-state index is -0.504. The molecule has 21 heavy (non-hydrogen) atoms. The third kappa shape index (κ3) is 5.42. The number of thioether (sulfide) groups is 1. The summed E-state index contributed by atoms with van der Waals surface area (Å²) in [6.45, 7) is 7.20. The fraction of sp³-hybridized carbons (Fsp3) is 0.500. The molecule has 0 heterocycles. The van der Waals surface area contributed by atoms with E-state index in [9.17, 15) is 9.59 Å². The Bertz CT molecular complexity index is 486. The van der Waals surface area contributed by atoms with E-state index in [1.54, 1.807) is 11.8 Å². The molecule has 1 aromatic rings. The van der Waals surface area contributed by atoms with Crippen molar-refractivity contribution in [3.05, 3.63) is 29.8 Å². The van der Waals surface area contributed by atoms with E-state index in [2.05, 4.69) is 10.6 Å². The summed E-state index contributed by atoms with van der Waals surface area (Å²) in [5, 5.41) is 5.66. The van der Waals surface area contributed by atoms with E-state index in [1.807, 2.05) is 51.3 Å². The van der Waals surface area contributed by atoms with E-state index in [-0.39, 0.29) is 23.8 Å². The Kier molecular flexibility index (Phi) is 6.75. The molecule has 1 rings (SSSR count). The standard InChI is InChI=1S/C16H24N2O2S/c1-10(2)15(18-12(4)19)16(20)17-11(3)13-6-8-14(21-5)9-7-13/h6-11,15H,1-5H3,(H,17,20)(H,18,19)/t11-,15+/m0/s1. The van der Waals surface area contributed by atoms with E-state index in [1.165, 1.54) is 11.8 Å². The highest BCUT2D eigenvalue weighted by Gasteiger charge is 2.24. The number of hydrogen-bond donors (Lipinski definition) is 2. The Morgan fingerprint density at radius 2 is 1.62 bits per heavy atom. The molecule has 0 fully saturated rings. The van der Waals surface area contributed by atoms with Crippen LogP contribution in [-0.2, 0) is 9.59 Å². The molecule has 0 radical (unpaired) electrons. The van der Waals surface area contributed by atoms with Gasteiger partial charge in [-0.2, -0.15) is 0 Å². The molecule has 0 aliphatic rings. The van der Waals surface area contributed by atoms with Gasteiger partial charge in [0.2, 0.25) is 11.8 Å². The average Bonchev–Trinajstić information content (AvgIpc) is 2.44. The summed E-state index contributed by atoms with van der Waals surface area (Å²) in [5.74, 6) is -0.303. The molecule has 1 aromatic carbocycles. The van der Waals surface area contributed by atoms with Gasteiger partial charge in [-0.25, -0.2) is 0 Å². The zero-order chi connectivity index (χ0) is 16.0. The van der Waals surface area contributed by atoms with E-state index in [0.717, 1.165) is 5.56 Å². The summed E-state index contributed by atoms with van der Waals surface area (Å²) in [6.07, 6.45) is 2.03. The Morgan fingerprint density at radius 3 is 2.05 bits per heavy atom. The molecular weight excluding hydrogens is 284 g/mol. The van der Waals surface area contributed by atoms with Crippen LogP contribution in [0.25, 0.3) is 0 Å². The molecule has 0 bridgehead atoms. The molecule has 0 aromatic heterocycles.